The van der Waals surface area contributed by atoms with Crippen molar-refractivity contribution in [1.29, 1.82) is 0 Å². The van der Waals surface area contributed by atoms with Crippen molar-refractivity contribution in [2.24, 2.45) is 0 Å². The maximum atomic E-state index is 12.4. The van der Waals surface area contributed by atoms with Crippen LogP contribution in [-0.2, 0) is 16.0 Å². The molecule has 0 aliphatic carbocycles. The average Bonchev–Trinajstić information content (AvgIpc) is 3.30. The molecule has 142 valence electrons. The van der Waals surface area contributed by atoms with Crippen LogP contribution in [0.4, 0.5) is 0 Å². The molecule has 0 spiro atoms. The van der Waals surface area contributed by atoms with Crippen LogP contribution in [-0.4, -0.2) is 39.3 Å². The van der Waals surface area contributed by atoms with E-state index < -0.39 is 0 Å². The van der Waals surface area contributed by atoms with Gasteiger partial charge in [-0.25, -0.2) is 9.50 Å². The zero-order valence-electron chi connectivity index (χ0n) is 16.2. The molecule has 1 fully saturated rings. The second-order valence-electron chi connectivity index (χ2n) is 7.42. The van der Waals surface area contributed by atoms with E-state index >= 15 is 0 Å². The fourth-order valence-electron chi connectivity index (χ4n) is 3.99. The van der Waals surface area contributed by atoms with E-state index in [0.29, 0.717) is 12.8 Å². The number of nitrogens with zero attached hydrogens (tertiary/aromatic N) is 3. The Balaban J connectivity index is 1.51. The van der Waals surface area contributed by atoms with Crippen LogP contribution < -0.4 is 5.32 Å². The van der Waals surface area contributed by atoms with E-state index in [1.54, 1.807) is 0 Å². The number of fused-ring (bicyclic) bond motifs is 3. The van der Waals surface area contributed by atoms with Gasteiger partial charge in [0.25, 0.3) is 0 Å². The van der Waals surface area contributed by atoms with Gasteiger partial charge in [-0.2, -0.15) is 5.10 Å². The highest BCUT2D eigenvalue weighted by atomic mass is 16.5. The number of carbonyl (C=O) groups excluding carboxylic acids is 1. The number of nitrogens with one attached hydrogen (secondary N) is 1. The molecule has 1 aromatic carbocycles. The van der Waals surface area contributed by atoms with Crippen molar-refractivity contribution in [3.8, 4) is 0 Å². The van der Waals surface area contributed by atoms with Gasteiger partial charge in [0.15, 0.2) is 5.65 Å². The second kappa shape index (κ2) is 7.27. The van der Waals surface area contributed by atoms with Gasteiger partial charge >= 0.3 is 0 Å². The zero-order valence-corrected chi connectivity index (χ0v) is 16.2. The van der Waals surface area contributed by atoms with Crippen molar-refractivity contribution < 1.29 is 9.53 Å². The molecule has 3 aromatic rings. The van der Waals surface area contributed by atoms with Crippen molar-refractivity contribution >= 4 is 22.5 Å². The van der Waals surface area contributed by atoms with Gasteiger partial charge < -0.3 is 10.1 Å². The Morgan fingerprint density at radius 1 is 1.37 bits per heavy atom. The molecule has 2 atom stereocenters. The van der Waals surface area contributed by atoms with Crippen molar-refractivity contribution in [3.05, 3.63) is 41.2 Å². The Bertz CT molecular complexity index is 989. The highest BCUT2D eigenvalue weighted by molar-refractivity contribution is 5.92. The number of hydrogen-bond donors (Lipinski definition) is 1. The molecule has 0 bridgehead atoms. The summed E-state index contributed by atoms with van der Waals surface area (Å²) in [6, 6.07) is 8.09. The highest BCUT2D eigenvalue weighted by Crippen LogP contribution is 2.23. The van der Waals surface area contributed by atoms with Crippen LogP contribution in [0, 0.1) is 13.8 Å². The fraction of sp³-hybridized carbons (Fsp3) is 0.476. The number of amides is 1. The van der Waals surface area contributed by atoms with Crippen LogP contribution in [0.1, 0.15) is 43.1 Å². The van der Waals surface area contributed by atoms with Crippen LogP contribution in [0.2, 0.25) is 0 Å². The topological polar surface area (TPSA) is 68.5 Å². The Hall–Kier alpha value is -2.47. The first-order valence-electron chi connectivity index (χ1n) is 9.69. The lowest BCUT2D eigenvalue weighted by Gasteiger charge is -2.20. The highest BCUT2D eigenvalue weighted by Gasteiger charge is 2.23. The van der Waals surface area contributed by atoms with E-state index in [4.69, 9.17) is 9.72 Å². The Morgan fingerprint density at radius 3 is 2.96 bits per heavy atom. The minimum Gasteiger partial charge on any atom is -0.376 e. The number of benzene rings is 1. The van der Waals surface area contributed by atoms with Gasteiger partial charge in [0.1, 0.15) is 0 Å². The summed E-state index contributed by atoms with van der Waals surface area (Å²) in [5.41, 5.74) is 4.92. The van der Waals surface area contributed by atoms with E-state index in [2.05, 4.69) is 17.3 Å². The standard InChI is InChI=1S/C21H26N4O2/c1-13-16(10-11-20(26)22-14(2)19-9-6-12-27-19)15(3)25-21(23-13)17-7-4-5-8-18(17)24-25/h4-5,7-8,14,19H,6,9-12H2,1-3H3,(H,22,26). The van der Waals surface area contributed by atoms with Crippen molar-refractivity contribution in [3.63, 3.8) is 0 Å². The molecule has 1 N–H and O–H groups in total. The first kappa shape index (κ1) is 17.9. The lowest BCUT2D eigenvalue weighted by Crippen LogP contribution is -2.40. The monoisotopic (exact) mass is 366 g/mol. The summed E-state index contributed by atoms with van der Waals surface area (Å²) in [6.07, 6.45) is 3.33. The van der Waals surface area contributed by atoms with Gasteiger partial charge in [0.05, 0.1) is 17.7 Å². The second-order valence-corrected chi connectivity index (χ2v) is 7.42. The van der Waals surface area contributed by atoms with Crippen molar-refractivity contribution in [2.75, 3.05) is 6.61 Å². The predicted octanol–water partition coefficient (Wildman–Crippen LogP) is 3.12. The molecular weight excluding hydrogens is 340 g/mol. The molecule has 2 aromatic heterocycles. The number of aromatic nitrogens is 3. The summed E-state index contributed by atoms with van der Waals surface area (Å²) < 4.78 is 7.56. The molecular formula is C21H26N4O2. The van der Waals surface area contributed by atoms with Gasteiger partial charge in [-0.3, -0.25) is 4.79 Å². The summed E-state index contributed by atoms with van der Waals surface area (Å²) in [5.74, 6) is 0.0579. The summed E-state index contributed by atoms with van der Waals surface area (Å²) >= 11 is 0. The van der Waals surface area contributed by atoms with Gasteiger partial charge in [-0.05, 0) is 57.7 Å². The number of ether oxygens (including phenoxy) is 1. The van der Waals surface area contributed by atoms with E-state index in [1.165, 1.54) is 0 Å². The normalized spacial score (nSPS) is 18.3. The lowest BCUT2D eigenvalue weighted by atomic mass is 10.1. The quantitative estimate of drug-likeness (QED) is 0.753. The molecule has 1 amide bonds. The van der Waals surface area contributed by atoms with E-state index in [-0.39, 0.29) is 18.1 Å². The van der Waals surface area contributed by atoms with Crippen LogP contribution in [0.15, 0.2) is 24.3 Å². The van der Waals surface area contributed by atoms with Gasteiger partial charge in [0, 0.05) is 29.8 Å². The van der Waals surface area contributed by atoms with Crippen LogP contribution in [0.25, 0.3) is 16.6 Å². The molecule has 0 saturated carbocycles. The molecule has 27 heavy (non-hydrogen) atoms. The lowest BCUT2D eigenvalue weighted by molar-refractivity contribution is -0.122. The molecule has 3 heterocycles. The third-order valence-corrected chi connectivity index (χ3v) is 5.53. The summed E-state index contributed by atoms with van der Waals surface area (Å²) in [4.78, 5) is 17.2. The smallest absolute Gasteiger partial charge is 0.220 e. The van der Waals surface area contributed by atoms with Crippen molar-refractivity contribution in [1.82, 2.24) is 19.9 Å². The Labute approximate surface area is 158 Å². The van der Waals surface area contributed by atoms with E-state index in [9.17, 15) is 4.79 Å². The fourth-order valence-corrected chi connectivity index (χ4v) is 3.99. The van der Waals surface area contributed by atoms with Gasteiger partial charge in [0.2, 0.25) is 5.91 Å². The number of rotatable bonds is 5. The first-order chi connectivity index (χ1) is 13.0. The number of hydrogen-bond acceptors (Lipinski definition) is 4. The third-order valence-electron chi connectivity index (χ3n) is 5.53. The maximum absolute atomic E-state index is 12.4. The molecule has 6 nitrogen and oxygen atoms in total. The van der Waals surface area contributed by atoms with Crippen LogP contribution in [0.3, 0.4) is 0 Å². The van der Waals surface area contributed by atoms with Gasteiger partial charge in [-0.1, -0.05) is 12.1 Å². The van der Waals surface area contributed by atoms with Gasteiger partial charge in [-0.15, -0.1) is 0 Å². The van der Waals surface area contributed by atoms with Crippen LogP contribution in [0.5, 0.6) is 0 Å². The Kier molecular flexibility index (Phi) is 4.83. The third kappa shape index (κ3) is 3.41. The summed E-state index contributed by atoms with van der Waals surface area (Å²) in [6.45, 7) is 6.88. The minimum atomic E-state index is 0.0548. The number of aryl methyl sites for hydroxylation is 2. The SMILES string of the molecule is Cc1nc2c3ccccc3nn2c(C)c1CCC(=O)NC(C)C1CCCO1. The molecule has 4 rings (SSSR count). The van der Waals surface area contributed by atoms with Crippen molar-refractivity contribution in [2.45, 2.75) is 58.6 Å². The molecule has 0 radical (unpaired) electrons. The van der Waals surface area contributed by atoms with E-state index in [1.807, 2.05) is 42.6 Å². The molecule has 6 heteroatoms. The largest absolute Gasteiger partial charge is 0.376 e. The number of carbonyl (C=O) groups is 1. The average molecular weight is 366 g/mol. The molecule has 1 aliphatic heterocycles. The molecule has 2 unspecified atom stereocenters. The Morgan fingerprint density at radius 2 is 2.19 bits per heavy atom. The minimum absolute atomic E-state index is 0.0548. The molecule has 1 saturated heterocycles. The summed E-state index contributed by atoms with van der Waals surface area (Å²) in [5, 5.41) is 8.82. The first-order valence-corrected chi connectivity index (χ1v) is 9.69. The summed E-state index contributed by atoms with van der Waals surface area (Å²) in [7, 11) is 0. The predicted molar refractivity (Wildman–Crippen MR) is 105 cm³/mol. The van der Waals surface area contributed by atoms with E-state index in [0.717, 1.165) is 52.9 Å². The maximum Gasteiger partial charge on any atom is 0.220 e. The zero-order chi connectivity index (χ0) is 19.0. The van der Waals surface area contributed by atoms with Crippen LogP contribution >= 0.6 is 0 Å². The molecule has 1 aliphatic rings.